The van der Waals surface area contributed by atoms with E-state index >= 15 is 0 Å². The summed E-state index contributed by atoms with van der Waals surface area (Å²) >= 11 is 0. The lowest BCUT2D eigenvalue weighted by Crippen LogP contribution is -2.24. The molecule has 4 nitrogen and oxygen atoms in total. The molecule has 0 aliphatic heterocycles. The molecule has 0 saturated carbocycles. The fourth-order valence-corrected chi connectivity index (χ4v) is 1.48. The van der Waals surface area contributed by atoms with Crippen molar-refractivity contribution in [1.29, 1.82) is 0 Å². The third-order valence-electron chi connectivity index (χ3n) is 2.35. The van der Waals surface area contributed by atoms with Crippen molar-refractivity contribution in [3.8, 4) is 0 Å². The highest BCUT2D eigenvalue weighted by Crippen LogP contribution is 2.24. The van der Waals surface area contributed by atoms with E-state index in [1.807, 2.05) is 18.2 Å². The third-order valence-corrected chi connectivity index (χ3v) is 2.35. The molecule has 1 aromatic rings. The van der Waals surface area contributed by atoms with E-state index in [-0.39, 0.29) is 13.0 Å². The smallest absolute Gasteiger partial charge is 0.303 e. The highest BCUT2D eigenvalue weighted by atomic mass is 16.6. The Hall–Kier alpha value is -1.39. The third kappa shape index (κ3) is 4.97. The monoisotopic (exact) mass is 238 g/mol. The molecule has 1 aromatic carbocycles. The van der Waals surface area contributed by atoms with Gasteiger partial charge in [0.15, 0.2) is 6.29 Å². The fourth-order valence-electron chi connectivity index (χ4n) is 1.48. The van der Waals surface area contributed by atoms with Crippen molar-refractivity contribution < 1.29 is 19.7 Å². The minimum atomic E-state index is -1.01. The number of benzene rings is 1. The molecule has 94 valence electrons. The summed E-state index contributed by atoms with van der Waals surface area (Å²) in [4.78, 5) is 10.6. The molecular weight excluding hydrogens is 220 g/mol. The van der Waals surface area contributed by atoms with Gasteiger partial charge in [-0.05, 0) is 5.41 Å². The Kier molecular flexibility index (Phi) is 4.66. The Morgan fingerprint density at radius 1 is 1.35 bits per heavy atom. The second kappa shape index (κ2) is 5.80. The van der Waals surface area contributed by atoms with Gasteiger partial charge in [0.25, 0.3) is 0 Å². The number of rotatable bonds is 6. The molecule has 0 radical (unpaired) electrons. The molecule has 1 atom stereocenters. The van der Waals surface area contributed by atoms with E-state index in [1.54, 1.807) is 26.0 Å². The predicted molar refractivity (Wildman–Crippen MR) is 63.4 cm³/mol. The van der Waals surface area contributed by atoms with Crippen LogP contribution in [0.5, 0.6) is 0 Å². The number of aliphatic hydroxyl groups excluding tert-OH is 1. The standard InChI is InChI=1S/C13H18O4/c1-13(2,8-11(14)15)9-17-12(16)10-6-4-3-5-7-10/h3-7,12,16H,8-9H2,1-2H3,(H,14,15). The Morgan fingerprint density at radius 2 is 1.94 bits per heavy atom. The number of aliphatic carboxylic acids is 1. The maximum atomic E-state index is 10.6. The minimum absolute atomic E-state index is 0.00844. The van der Waals surface area contributed by atoms with E-state index in [0.717, 1.165) is 0 Å². The summed E-state index contributed by atoms with van der Waals surface area (Å²) in [6, 6.07) is 8.99. The summed E-state index contributed by atoms with van der Waals surface area (Å²) in [7, 11) is 0. The highest BCUT2D eigenvalue weighted by molar-refractivity contribution is 5.67. The Morgan fingerprint density at radius 3 is 2.47 bits per heavy atom. The Labute approximate surface area is 101 Å². The highest BCUT2D eigenvalue weighted by Gasteiger charge is 2.23. The molecular formula is C13H18O4. The summed E-state index contributed by atoms with van der Waals surface area (Å²) in [5.41, 5.74) is 0.167. The molecule has 17 heavy (non-hydrogen) atoms. The molecule has 1 unspecified atom stereocenters. The van der Waals surface area contributed by atoms with Crippen LogP contribution in [-0.4, -0.2) is 22.8 Å². The lowest BCUT2D eigenvalue weighted by molar-refractivity contribution is -0.147. The topological polar surface area (TPSA) is 66.8 Å². The van der Waals surface area contributed by atoms with Crippen LogP contribution < -0.4 is 0 Å². The van der Waals surface area contributed by atoms with Gasteiger partial charge in [0, 0.05) is 5.56 Å². The number of carbonyl (C=O) groups is 1. The number of hydrogen-bond donors (Lipinski definition) is 2. The molecule has 1 rings (SSSR count). The van der Waals surface area contributed by atoms with Gasteiger partial charge < -0.3 is 14.9 Å². The zero-order valence-corrected chi connectivity index (χ0v) is 10.1. The average molecular weight is 238 g/mol. The molecule has 0 heterocycles. The van der Waals surface area contributed by atoms with Crippen LogP contribution in [0, 0.1) is 5.41 Å². The summed E-state index contributed by atoms with van der Waals surface area (Å²) in [6.07, 6.45) is -1.00. The summed E-state index contributed by atoms with van der Waals surface area (Å²) in [5.74, 6) is -0.868. The summed E-state index contributed by atoms with van der Waals surface area (Å²) in [6.45, 7) is 3.77. The molecule has 2 N–H and O–H groups in total. The SMILES string of the molecule is CC(C)(COC(O)c1ccccc1)CC(=O)O. The van der Waals surface area contributed by atoms with Crippen LogP contribution in [0.25, 0.3) is 0 Å². The molecule has 4 heteroatoms. The van der Waals surface area contributed by atoms with E-state index in [9.17, 15) is 9.90 Å². The van der Waals surface area contributed by atoms with E-state index in [1.165, 1.54) is 0 Å². The Bertz CT molecular complexity index is 359. The lowest BCUT2D eigenvalue weighted by atomic mass is 9.90. The van der Waals surface area contributed by atoms with Crippen LogP contribution >= 0.6 is 0 Å². The maximum Gasteiger partial charge on any atom is 0.303 e. The zero-order valence-electron chi connectivity index (χ0n) is 10.1. The Balaban J connectivity index is 2.48. The van der Waals surface area contributed by atoms with Crippen molar-refractivity contribution in [2.45, 2.75) is 26.6 Å². The minimum Gasteiger partial charge on any atom is -0.481 e. The first-order chi connectivity index (χ1) is 7.91. The van der Waals surface area contributed by atoms with Gasteiger partial charge in [-0.25, -0.2) is 0 Å². The molecule has 0 fully saturated rings. The van der Waals surface area contributed by atoms with Crippen molar-refractivity contribution in [2.24, 2.45) is 5.41 Å². The van der Waals surface area contributed by atoms with Gasteiger partial charge in [-0.15, -0.1) is 0 Å². The van der Waals surface area contributed by atoms with Crippen molar-refractivity contribution in [1.82, 2.24) is 0 Å². The maximum absolute atomic E-state index is 10.6. The predicted octanol–water partition coefficient (Wildman–Crippen LogP) is 2.19. The van der Waals surface area contributed by atoms with Gasteiger partial charge in [-0.1, -0.05) is 44.2 Å². The first kappa shape index (κ1) is 13.7. The fraction of sp³-hybridized carbons (Fsp3) is 0.462. The van der Waals surface area contributed by atoms with Gasteiger partial charge in [-0.3, -0.25) is 4.79 Å². The second-order valence-electron chi connectivity index (χ2n) is 4.81. The molecule has 0 aliphatic rings. The van der Waals surface area contributed by atoms with Crippen LogP contribution in [-0.2, 0) is 9.53 Å². The van der Waals surface area contributed by atoms with E-state index in [0.29, 0.717) is 5.56 Å². The van der Waals surface area contributed by atoms with E-state index in [4.69, 9.17) is 9.84 Å². The summed E-state index contributed by atoms with van der Waals surface area (Å²) in [5, 5.41) is 18.5. The van der Waals surface area contributed by atoms with Crippen LogP contribution in [0.1, 0.15) is 32.1 Å². The number of carboxylic acids is 1. The number of hydrogen-bond acceptors (Lipinski definition) is 3. The van der Waals surface area contributed by atoms with Crippen LogP contribution in [0.15, 0.2) is 30.3 Å². The largest absolute Gasteiger partial charge is 0.481 e. The second-order valence-corrected chi connectivity index (χ2v) is 4.81. The molecule has 0 aromatic heterocycles. The summed E-state index contributed by atoms with van der Waals surface area (Å²) < 4.78 is 5.29. The van der Waals surface area contributed by atoms with Crippen LogP contribution in [0.2, 0.25) is 0 Å². The average Bonchev–Trinajstić information content (AvgIpc) is 2.25. The quantitative estimate of drug-likeness (QED) is 0.745. The van der Waals surface area contributed by atoms with Crippen molar-refractivity contribution in [3.63, 3.8) is 0 Å². The molecule has 0 saturated heterocycles. The normalized spacial score (nSPS) is 13.4. The molecule has 0 amide bonds. The lowest BCUT2D eigenvalue weighted by Gasteiger charge is -2.24. The number of aliphatic hydroxyl groups is 1. The van der Waals surface area contributed by atoms with E-state index in [2.05, 4.69) is 0 Å². The first-order valence-electron chi connectivity index (χ1n) is 5.47. The van der Waals surface area contributed by atoms with E-state index < -0.39 is 17.7 Å². The van der Waals surface area contributed by atoms with Gasteiger partial charge in [0.1, 0.15) is 0 Å². The van der Waals surface area contributed by atoms with Crippen molar-refractivity contribution in [2.75, 3.05) is 6.61 Å². The van der Waals surface area contributed by atoms with Crippen molar-refractivity contribution >= 4 is 5.97 Å². The number of ether oxygens (including phenoxy) is 1. The number of carboxylic acid groups (broad SMARTS) is 1. The molecule has 0 bridgehead atoms. The van der Waals surface area contributed by atoms with Crippen LogP contribution in [0.3, 0.4) is 0 Å². The van der Waals surface area contributed by atoms with Crippen LogP contribution in [0.4, 0.5) is 0 Å². The molecule has 0 aliphatic carbocycles. The van der Waals surface area contributed by atoms with Gasteiger partial charge in [0.05, 0.1) is 13.0 Å². The molecule has 0 spiro atoms. The van der Waals surface area contributed by atoms with Gasteiger partial charge in [-0.2, -0.15) is 0 Å². The van der Waals surface area contributed by atoms with Gasteiger partial charge >= 0.3 is 5.97 Å². The first-order valence-corrected chi connectivity index (χ1v) is 5.47. The van der Waals surface area contributed by atoms with Gasteiger partial charge in [0.2, 0.25) is 0 Å². The zero-order chi connectivity index (χ0) is 12.9. The van der Waals surface area contributed by atoms with Crippen molar-refractivity contribution in [3.05, 3.63) is 35.9 Å².